The minimum Gasteiger partial charge on any atom is -0.504 e. The van der Waals surface area contributed by atoms with E-state index in [9.17, 15) is 14.7 Å². The summed E-state index contributed by atoms with van der Waals surface area (Å²) in [6.45, 7) is 7.01. The van der Waals surface area contributed by atoms with Gasteiger partial charge in [-0.2, -0.15) is 9.98 Å². The maximum Gasteiger partial charge on any atom is 0.286 e. The lowest BCUT2D eigenvalue weighted by atomic mass is 9.97. The third kappa shape index (κ3) is 8.87. The van der Waals surface area contributed by atoms with E-state index in [4.69, 9.17) is 4.74 Å². The summed E-state index contributed by atoms with van der Waals surface area (Å²) in [7, 11) is 1.50. The Morgan fingerprint density at radius 1 is 0.541 bits per heavy atom. The number of piperazine rings is 2. The number of methoxy groups -OCH3 is 1. The first kappa shape index (κ1) is 39.9. The zero-order valence-electron chi connectivity index (χ0n) is 33.7. The Balaban J connectivity index is 0.000000158. The number of aromatic hydroxyl groups is 1. The number of phenols is 1. The Kier molecular flexibility index (Phi) is 11.8. The summed E-state index contributed by atoms with van der Waals surface area (Å²) >= 11 is 2.90. The summed E-state index contributed by atoms with van der Waals surface area (Å²) in [5, 5.41) is 16.1. The fourth-order valence-electron chi connectivity index (χ4n) is 7.94. The monoisotopic (exact) mass is 844 g/mol. The van der Waals surface area contributed by atoms with Crippen LogP contribution in [-0.2, 0) is 9.59 Å². The zero-order chi connectivity index (χ0) is 41.7. The van der Waals surface area contributed by atoms with Gasteiger partial charge in [-0.15, -0.1) is 0 Å². The summed E-state index contributed by atoms with van der Waals surface area (Å²) in [4.78, 5) is 44.2. The fourth-order valence-corrected chi connectivity index (χ4v) is 9.86. The highest BCUT2D eigenvalue weighted by molar-refractivity contribution is 8.18. The Hall–Kier alpha value is -6.50. The van der Waals surface area contributed by atoms with Gasteiger partial charge in [0.05, 0.1) is 16.9 Å². The second-order valence-electron chi connectivity index (χ2n) is 14.9. The van der Waals surface area contributed by atoms with E-state index in [1.807, 2.05) is 30.3 Å². The van der Waals surface area contributed by atoms with E-state index >= 15 is 0 Å². The van der Waals surface area contributed by atoms with Gasteiger partial charge in [0.25, 0.3) is 11.8 Å². The van der Waals surface area contributed by atoms with Crippen LogP contribution in [0.3, 0.4) is 0 Å². The third-order valence-corrected chi connectivity index (χ3v) is 13.2. The molecule has 1 N–H and O–H groups in total. The standard InChI is InChI=1S/C28H23N3OS.C21H21N3O3S/c32-27-26(19-21-18-20-8-4-5-11-23(20)25-13-7-6-12-24(21)25)33-28(29-27)31-16-14-30(15-17-31)22-9-2-1-3-10-22;1-27-18-13-15(7-8-17(18)25)14-19-20(26)22-21(28-19)24-11-9-23(10-12-24)16-5-3-2-4-6-16/h1-13,18-19H,14-17H2;2-8,13-14,25H,9-12H2,1H3. The molecule has 0 atom stereocenters. The number of ether oxygens (including phenoxy) is 1. The molecule has 10 nitrogen and oxygen atoms in total. The first-order chi connectivity index (χ1) is 29.9. The smallest absolute Gasteiger partial charge is 0.286 e. The van der Waals surface area contributed by atoms with Gasteiger partial charge in [0.15, 0.2) is 21.8 Å². The van der Waals surface area contributed by atoms with Crippen LogP contribution in [0.2, 0.25) is 0 Å². The SMILES string of the molecule is COc1cc(C=C2SC(N3CCN(c4ccccc4)CC3)=NC2=O)ccc1O.O=C1N=C(N2CCN(c3ccccc3)CC2)SC1=Cc1cc2ccccc2c2ccccc12. The maximum absolute atomic E-state index is 12.8. The number of rotatable bonds is 5. The molecule has 4 heterocycles. The number of amidine groups is 2. The molecule has 0 radical (unpaired) electrons. The quantitative estimate of drug-likeness (QED) is 0.134. The molecule has 6 aromatic carbocycles. The molecule has 2 amide bonds. The molecule has 4 aliphatic heterocycles. The molecule has 0 aliphatic carbocycles. The molecule has 0 bridgehead atoms. The molecule has 10 rings (SSSR count). The van der Waals surface area contributed by atoms with Crippen LogP contribution < -0.4 is 14.5 Å². The second-order valence-corrected chi connectivity index (χ2v) is 16.9. The van der Waals surface area contributed by atoms with Crippen molar-refractivity contribution in [3.8, 4) is 11.5 Å². The van der Waals surface area contributed by atoms with Crippen molar-refractivity contribution in [1.82, 2.24) is 9.80 Å². The number of benzene rings is 6. The number of phenolic OH excluding ortho intramolecular Hbond substituents is 1. The van der Waals surface area contributed by atoms with Crippen molar-refractivity contribution in [3.63, 3.8) is 0 Å². The van der Waals surface area contributed by atoms with Crippen molar-refractivity contribution >= 4 is 90.7 Å². The highest BCUT2D eigenvalue weighted by Gasteiger charge is 2.30. The zero-order valence-corrected chi connectivity index (χ0v) is 35.3. The number of carbonyl (C=O) groups is 2. The molecule has 0 spiro atoms. The first-order valence-electron chi connectivity index (χ1n) is 20.3. The molecule has 306 valence electrons. The predicted molar refractivity (Wildman–Crippen MR) is 253 cm³/mol. The van der Waals surface area contributed by atoms with Crippen LogP contribution in [0.5, 0.6) is 11.5 Å². The first-order valence-corrected chi connectivity index (χ1v) is 22.0. The molecular weight excluding hydrogens is 801 g/mol. The van der Waals surface area contributed by atoms with Gasteiger partial charge >= 0.3 is 0 Å². The minimum absolute atomic E-state index is 0.0725. The van der Waals surface area contributed by atoms with Crippen LogP contribution in [0.1, 0.15) is 11.1 Å². The molecule has 61 heavy (non-hydrogen) atoms. The second kappa shape index (κ2) is 18.0. The minimum atomic E-state index is -0.225. The molecule has 2 fully saturated rings. The van der Waals surface area contributed by atoms with Crippen molar-refractivity contribution in [1.29, 1.82) is 0 Å². The van der Waals surface area contributed by atoms with E-state index in [-0.39, 0.29) is 17.6 Å². The lowest BCUT2D eigenvalue weighted by Crippen LogP contribution is -2.47. The van der Waals surface area contributed by atoms with Crippen molar-refractivity contribution in [2.24, 2.45) is 9.98 Å². The van der Waals surface area contributed by atoms with E-state index in [1.165, 1.54) is 58.2 Å². The van der Waals surface area contributed by atoms with E-state index in [2.05, 4.69) is 121 Å². The van der Waals surface area contributed by atoms with Crippen LogP contribution in [0, 0.1) is 0 Å². The lowest BCUT2D eigenvalue weighted by molar-refractivity contribution is -0.114. The van der Waals surface area contributed by atoms with Gasteiger partial charge < -0.3 is 29.4 Å². The predicted octanol–water partition coefficient (Wildman–Crippen LogP) is 8.98. The van der Waals surface area contributed by atoms with Crippen molar-refractivity contribution < 1.29 is 19.4 Å². The highest BCUT2D eigenvalue weighted by atomic mass is 32.2. The topological polar surface area (TPSA) is 101 Å². The molecule has 0 unspecified atom stereocenters. The van der Waals surface area contributed by atoms with E-state index in [0.717, 1.165) is 79.2 Å². The number of amides is 2. The van der Waals surface area contributed by atoms with Crippen molar-refractivity contribution in [2.45, 2.75) is 0 Å². The van der Waals surface area contributed by atoms with Crippen molar-refractivity contribution in [2.75, 3.05) is 69.3 Å². The number of anilines is 2. The Morgan fingerprint density at radius 3 is 1.57 bits per heavy atom. The highest BCUT2D eigenvalue weighted by Crippen LogP contribution is 2.36. The largest absolute Gasteiger partial charge is 0.504 e. The average molecular weight is 845 g/mol. The van der Waals surface area contributed by atoms with Gasteiger partial charge in [0.2, 0.25) is 0 Å². The summed E-state index contributed by atoms with van der Waals surface area (Å²) < 4.78 is 5.13. The van der Waals surface area contributed by atoms with Gasteiger partial charge in [0.1, 0.15) is 0 Å². The van der Waals surface area contributed by atoms with Gasteiger partial charge in [0, 0.05) is 63.7 Å². The average Bonchev–Trinajstić information content (AvgIpc) is 3.88. The molecule has 12 heteroatoms. The van der Waals surface area contributed by atoms with Gasteiger partial charge in [-0.05, 0) is 111 Å². The van der Waals surface area contributed by atoms with Crippen LogP contribution in [0.4, 0.5) is 11.4 Å². The molecular formula is C49H44N6O4S2. The normalized spacial score (nSPS) is 18.2. The fraction of sp³-hybridized carbons (Fsp3) is 0.184. The number of aliphatic imine (C=N–C) groups is 2. The number of fused-ring (bicyclic) bond motifs is 3. The molecule has 2 saturated heterocycles. The molecule has 4 aliphatic rings. The van der Waals surface area contributed by atoms with Crippen molar-refractivity contribution in [3.05, 3.63) is 154 Å². The van der Waals surface area contributed by atoms with Crippen LogP contribution in [0.25, 0.3) is 33.7 Å². The van der Waals surface area contributed by atoms with Crippen LogP contribution in [-0.4, -0.2) is 96.5 Å². The van der Waals surface area contributed by atoms with Crippen LogP contribution in [0.15, 0.2) is 153 Å². The number of hydrogen-bond acceptors (Lipinski definition) is 10. The maximum atomic E-state index is 12.8. The molecule has 0 saturated carbocycles. The summed E-state index contributed by atoms with van der Waals surface area (Å²) in [5.74, 6) is 0.0847. The molecule has 6 aromatic rings. The lowest BCUT2D eigenvalue weighted by Gasteiger charge is -2.36. The Morgan fingerprint density at radius 2 is 1.02 bits per heavy atom. The number of nitrogens with zero attached hydrogens (tertiary/aromatic N) is 6. The van der Waals surface area contributed by atoms with Gasteiger partial charge in [-0.3, -0.25) is 9.59 Å². The molecule has 0 aromatic heterocycles. The van der Waals surface area contributed by atoms with Crippen LogP contribution >= 0.6 is 23.5 Å². The summed E-state index contributed by atoms with van der Waals surface area (Å²) in [6.07, 6.45) is 3.80. The Bertz CT molecular complexity index is 2720. The number of thioether (sulfide) groups is 2. The van der Waals surface area contributed by atoms with Gasteiger partial charge in [-0.1, -0.05) is 91.0 Å². The third-order valence-electron chi connectivity index (χ3n) is 11.1. The van der Waals surface area contributed by atoms with E-state index in [0.29, 0.717) is 15.6 Å². The Labute approximate surface area is 363 Å². The number of carbonyl (C=O) groups excluding carboxylic acids is 2. The summed E-state index contributed by atoms with van der Waals surface area (Å²) in [6, 6.07) is 44.8. The van der Waals surface area contributed by atoms with Gasteiger partial charge in [-0.25, -0.2) is 0 Å². The van der Waals surface area contributed by atoms with E-state index in [1.54, 1.807) is 24.3 Å². The number of hydrogen-bond donors (Lipinski definition) is 1. The van der Waals surface area contributed by atoms with E-state index < -0.39 is 0 Å². The summed E-state index contributed by atoms with van der Waals surface area (Å²) in [5.41, 5.74) is 4.32. The number of para-hydroxylation sites is 2.